The van der Waals surface area contributed by atoms with Crippen LogP contribution in [0, 0.1) is 0 Å². The number of rotatable bonds is 9. The fraction of sp³-hybridized carbons (Fsp3) is 0.160. The SMILES string of the molecule is CCOC(=O)c1ccc(N=Cc2ccc(OCc3cccc(C(=O)O)c3)c(OC)c2)cc1. The quantitative estimate of drug-likeness (QED) is 0.381. The van der Waals surface area contributed by atoms with Gasteiger partial charge in [0.25, 0.3) is 0 Å². The molecule has 0 unspecified atom stereocenters. The Bertz CT molecular complexity index is 1120. The van der Waals surface area contributed by atoms with Crippen molar-refractivity contribution in [3.63, 3.8) is 0 Å². The monoisotopic (exact) mass is 433 g/mol. The standard InChI is InChI=1S/C25H23NO6/c1-3-31-25(29)19-8-10-21(11-9-19)26-15-17-7-12-22(23(14-17)30-2)32-16-18-5-4-6-20(13-18)24(27)28/h4-15H,3,16H2,1-2H3,(H,27,28). The highest BCUT2D eigenvalue weighted by Gasteiger charge is 2.08. The molecular weight excluding hydrogens is 410 g/mol. The van der Waals surface area contributed by atoms with Gasteiger partial charge in [-0.15, -0.1) is 0 Å². The van der Waals surface area contributed by atoms with Crippen LogP contribution in [0.15, 0.2) is 71.7 Å². The van der Waals surface area contributed by atoms with E-state index in [1.54, 1.807) is 74.8 Å². The van der Waals surface area contributed by atoms with Gasteiger partial charge < -0.3 is 19.3 Å². The maximum atomic E-state index is 11.7. The summed E-state index contributed by atoms with van der Waals surface area (Å²) in [6, 6.07) is 18.8. The Morgan fingerprint density at radius 1 is 0.969 bits per heavy atom. The van der Waals surface area contributed by atoms with Crippen molar-refractivity contribution in [3.8, 4) is 11.5 Å². The molecule has 7 nitrogen and oxygen atoms in total. The molecule has 1 N–H and O–H groups in total. The lowest BCUT2D eigenvalue weighted by molar-refractivity contribution is 0.0526. The van der Waals surface area contributed by atoms with Crippen LogP contribution in [0.25, 0.3) is 0 Å². The number of carbonyl (C=O) groups excluding carboxylic acids is 1. The van der Waals surface area contributed by atoms with Gasteiger partial charge in [-0.05, 0) is 72.6 Å². The molecule has 7 heteroatoms. The van der Waals surface area contributed by atoms with Crippen LogP contribution in [-0.2, 0) is 11.3 Å². The molecule has 3 aromatic carbocycles. The van der Waals surface area contributed by atoms with Gasteiger partial charge in [-0.2, -0.15) is 0 Å². The summed E-state index contributed by atoms with van der Waals surface area (Å²) >= 11 is 0. The van der Waals surface area contributed by atoms with Gasteiger partial charge in [-0.3, -0.25) is 4.99 Å². The highest BCUT2D eigenvalue weighted by Crippen LogP contribution is 2.28. The molecule has 3 aromatic rings. The molecule has 0 amide bonds. The zero-order valence-electron chi connectivity index (χ0n) is 17.8. The topological polar surface area (TPSA) is 94.4 Å². The number of hydrogen-bond donors (Lipinski definition) is 1. The van der Waals surface area contributed by atoms with Crippen molar-refractivity contribution < 1.29 is 28.9 Å². The van der Waals surface area contributed by atoms with Gasteiger partial charge in [0.2, 0.25) is 0 Å². The van der Waals surface area contributed by atoms with Crippen molar-refractivity contribution in [2.75, 3.05) is 13.7 Å². The first kappa shape index (κ1) is 22.6. The fourth-order valence-corrected chi connectivity index (χ4v) is 2.89. The highest BCUT2D eigenvalue weighted by molar-refractivity contribution is 5.90. The van der Waals surface area contributed by atoms with Crippen molar-refractivity contribution in [3.05, 3.63) is 89.0 Å². The van der Waals surface area contributed by atoms with Gasteiger partial charge in [-0.25, -0.2) is 9.59 Å². The summed E-state index contributed by atoms with van der Waals surface area (Å²) in [5.74, 6) is -0.285. The minimum absolute atomic E-state index is 0.206. The molecule has 0 saturated carbocycles. The summed E-state index contributed by atoms with van der Waals surface area (Å²) in [6.45, 7) is 2.30. The van der Waals surface area contributed by atoms with E-state index in [-0.39, 0.29) is 18.1 Å². The summed E-state index contributed by atoms with van der Waals surface area (Å²) in [5, 5.41) is 9.11. The number of benzene rings is 3. The molecule has 0 atom stereocenters. The van der Waals surface area contributed by atoms with E-state index in [0.717, 1.165) is 11.1 Å². The molecule has 0 aliphatic rings. The lowest BCUT2D eigenvalue weighted by Gasteiger charge is -2.11. The van der Waals surface area contributed by atoms with Gasteiger partial charge in [0.05, 0.1) is 30.5 Å². The predicted octanol–water partition coefficient (Wildman–Crippen LogP) is 4.90. The fourth-order valence-electron chi connectivity index (χ4n) is 2.89. The molecule has 3 rings (SSSR count). The number of carboxylic acids is 1. The minimum Gasteiger partial charge on any atom is -0.493 e. The van der Waals surface area contributed by atoms with Crippen LogP contribution in [0.4, 0.5) is 5.69 Å². The highest BCUT2D eigenvalue weighted by atomic mass is 16.5. The molecule has 0 aliphatic carbocycles. The number of carboxylic acid groups (broad SMARTS) is 1. The first-order valence-corrected chi connectivity index (χ1v) is 9.94. The Kier molecular flexibility index (Phi) is 7.59. The molecule has 0 fully saturated rings. The molecule has 0 saturated heterocycles. The van der Waals surface area contributed by atoms with E-state index >= 15 is 0 Å². The number of ether oxygens (including phenoxy) is 3. The van der Waals surface area contributed by atoms with Gasteiger partial charge >= 0.3 is 11.9 Å². The number of hydrogen-bond acceptors (Lipinski definition) is 6. The Morgan fingerprint density at radius 3 is 2.44 bits per heavy atom. The number of esters is 1. The summed E-state index contributed by atoms with van der Waals surface area (Å²) in [7, 11) is 1.54. The lowest BCUT2D eigenvalue weighted by atomic mass is 10.1. The molecular formula is C25H23NO6. The second-order valence-corrected chi connectivity index (χ2v) is 6.73. The normalized spacial score (nSPS) is 10.7. The average molecular weight is 433 g/mol. The van der Waals surface area contributed by atoms with E-state index in [1.807, 2.05) is 6.07 Å². The second-order valence-electron chi connectivity index (χ2n) is 6.73. The van der Waals surface area contributed by atoms with E-state index in [0.29, 0.717) is 29.4 Å². The van der Waals surface area contributed by atoms with E-state index < -0.39 is 5.97 Å². The third-order valence-electron chi connectivity index (χ3n) is 4.50. The minimum atomic E-state index is -0.983. The smallest absolute Gasteiger partial charge is 0.338 e. The molecule has 0 bridgehead atoms. The average Bonchev–Trinajstić information content (AvgIpc) is 2.82. The lowest BCUT2D eigenvalue weighted by Crippen LogP contribution is -2.03. The van der Waals surface area contributed by atoms with Gasteiger partial charge in [0.1, 0.15) is 6.61 Å². The van der Waals surface area contributed by atoms with Crippen LogP contribution in [0.3, 0.4) is 0 Å². The summed E-state index contributed by atoms with van der Waals surface area (Å²) in [6.07, 6.45) is 1.68. The zero-order valence-corrected chi connectivity index (χ0v) is 17.8. The Balaban J connectivity index is 1.67. The summed E-state index contributed by atoms with van der Waals surface area (Å²) in [5.41, 5.74) is 2.92. The van der Waals surface area contributed by atoms with Crippen molar-refractivity contribution in [2.45, 2.75) is 13.5 Å². The van der Waals surface area contributed by atoms with E-state index in [9.17, 15) is 9.59 Å². The van der Waals surface area contributed by atoms with E-state index in [1.165, 1.54) is 6.07 Å². The van der Waals surface area contributed by atoms with Crippen LogP contribution >= 0.6 is 0 Å². The maximum absolute atomic E-state index is 11.7. The first-order valence-electron chi connectivity index (χ1n) is 9.94. The Labute approximate surface area is 185 Å². The third-order valence-corrected chi connectivity index (χ3v) is 4.50. The van der Waals surface area contributed by atoms with Crippen LogP contribution < -0.4 is 9.47 Å². The number of nitrogens with zero attached hydrogens (tertiary/aromatic N) is 1. The van der Waals surface area contributed by atoms with Crippen molar-refractivity contribution in [1.82, 2.24) is 0 Å². The van der Waals surface area contributed by atoms with Gasteiger partial charge in [0.15, 0.2) is 11.5 Å². The van der Waals surface area contributed by atoms with Crippen molar-refractivity contribution >= 4 is 23.8 Å². The number of carbonyl (C=O) groups is 2. The van der Waals surface area contributed by atoms with Crippen molar-refractivity contribution in [1.29, 1.82) is 0 Å². The second kappa shape index (κ2) is 10.8. The number of aromatic carboxylic acids is 1. The van der Waals surface area contributed by atoms with E-state index in [2.05, 4.69) is 4.99 Å². The number of aliphatic imine (C=N–C) groups is 1. The Morgan fingerprint density at radius 2 is 1.75 bits per heavy atom. The molecule has 0 aromatic heterocycles. The molecule has 32 heavy (non-hydrogen) atoms. The molecule has 0 spiro atoms. The predicted molar refractivity (Wildman–Crippen MR) is 120 cm³/mol. The zero-order chi connectivity index (χ0) is 22.9. The number of methoxy groups -OCH3 is 1. The molecule has 0 heterocycles. The maximum Gasteiger partial charge on any atom is 0.338 e. The van der Waals surface area contributed by atoms with Crippen molar-refractivity contribution in [2.24, 2.45) is 4.99 Å². The van der Waals surface area contributed by atoms with Crippen LogP contribution in [0.5, 0.6) is 11.5 Å². The largest absolute Gasteiger partial charge is 0.493 e. The van der Waals surface area contributed by atoms with Gasteiger partial charge in [0, 0.05) is 6.21 Å². The first-order chi connectivity index (χ1) is 15.5. The molecule has 0 radical (unpaired) electrons. The van der Waals surface area contributed by atoms with Crippen LogP contribution in [0.1, 0.15) is 38.8 Å². The van der Waals surface area contributed by atoms with Crippen LogP contribution in [-0.4, -0.2) is 37.0 Å². The summed E-state index contributed by atoms with van der Waals surface area (Å²) in [4.78, 5) is 27.2. The van der Waals surface area contributed by atoms with E-state index in [4.69, 9.17) is 19.3 Å². The summed E-state index contributed by atoms with van der Waals surface area (Å²) < 4.78 is 16.2. The Hall–Kier alpha value is -4.13. The third kappa shape index (κ3) is 5.95. The molecule has 164 valence electrons. The van der Waals surface area contributed by atoms with Gasteiger partial charge in [-0.1, -0.05) is 12.1 Å². The molecule has 0 aliphatic heterocycles. The van der Waals surface area contributed by atoms with Crippen LogP contribution in [0.2, 0.25) is 0 Å².